The average Bonchev–Trinajstić information content (AvgIpc) is 3.30. The van der Waals surface area contributed by atoms with E-state index in [0.29, 0.717) is 5.56 Å². The van der Waals surface area contributed by atoms with Gasteiger partial charge in [-0.25, -0.2) is 13.1 Å². The van der Waals surface area contributed by atoms with Gasteiger partial charge in [0.2, 0.25) is 10.0 Å². The van der Waals surface area contributed by atoms with Crippen molar-refractivity contribution in [2.75, 3.05) is 23.3 Å². The fraction of sp³-hybridized carbons (Fsp3) is 0.381. The number of sulfonamides is 1. The second-order valence-corrected chi connectivity index (χ2v) is 9.28. The number of carbonyl (C=O) groups excluding carboxylic acids is 1. The summed E-state index contributed by atoms with van der Waals surface area (Å²) in [5.41, 5.74) is 3.38. The number of carbonyl (C=O) groups is 1. The first-order valence-electron chi connectivity index (χ1n) is 9.72. The highest BCUT2D eigenvalue weighted by Crippen LogP contribution is 2.26. The Hall–Kier alpha value is -2.38. The highest BCUT2D eigenvalue weighted by Gasteiger charge is 2.28. The minimum absolute atomic E-state index is 0.0551. The third kappa shape index (κ3) is 4.20. The number of rotatable bonds is 6. The molecule has 1 saturated heterocycles. The average molecular weight is 400 g/mol. The smallest absolute Gasteiger partial charge is 0.255 e. The van der Waals surface area contributed by atoms with E-state index in [9.17, 15) is 13.2 Å². The van der Waals surface area contributed by atoms with Gasteiger partial charge in [0, 0.05) is 36.1 Å². The zero-order chi connectivity index (χ0) is 19.7. The Kier molecular flexibility index (Phi) is 5.12. The van der Waals surface area contributed by atoms with Crippen LogP contribution in [0.15, 0.2) is 47.4 Å². The van der Waals surface area contributed by atoms with E-state index < -0.39 is 10.0 Å². The number of nitrogens with zero attached hydrogens (tertiary/aromatic N) is 1. The van der Waals surface area contributed by atoms with Crippen LogP contribution in [0.3, 0.4) is 0 Å². The van der Waals surface area contributed by atoms with E-state index in [4.69, 9.17) is 0 Å². The Morgan fingerprint density at radius 3 is 2.32 bits per heavy atom. The Bertz CT molecular complexity index is 976. The van der Waals surface area contributed by atoms with Crippen LogP contribution in [0.1, 0.15) is 41.6 Å². The number of amides is 1. The zero-order valence-electron chi connectivity index (χ0n) is 15.9. The van der Waals surface area contributed by atoms with Crippen LogP contribution in [0.4, 0.5) is 11.4 Å². The van der Waals surface area contributed by atoms with Crippen molar-refractivity contribution >= 4 is 27.3 Å². The van der Waals surface area contributed by atoms with Gasteiger partial charge in [0.25, 0.3) is 5.91 Å². The molecule has 2 aliphatic rings. The largest absolute Gasteiger partial charge is 0.372 e. The van der Waals surface area contributed by atoms with Crippen molar-refractivity contribution in [2.24, 2.45) is 0 Å². The molecule has 1 heterocycles. The van der Waals surface area contributed by atoms with Gasteiger partial charge < -0.3 is 10.2 Å². The van der Waals surface area contributed by atoms with Gasteiger partial charge in [0.15, 0.2) is 0 Å². The van der Waals surface area contributed by atoms with Gasteiger partial charge in [0.1, 0.15) is 0 Å². The van der Waals surface area contributed by atoms with Crippen LogP contribution < -0.4 is 14.9 Å². The molecule has 4 rings (SSSR count). The highest BCUT2D eigenvalue weighted by molar-refractivity contribution is 7.89. The Balaban J connectivity index is 1.44. The van der Waals surface area contributed by atoms with Crippen molar-refractivity contribution in [1.82, 2.24) is 4.72 Å². The highest BCUT2D eigenvalue weighted by atomic mass is 32.2. The Morgan fingerprint density at radius 2 is 1.71 bits per heavy atom. The van der Waals surface area contributed by atoms with Crippen LogP contribution in [0.25, 0.3) is 0 Å². The Labute approximate surface area is 166 Å². The van der Waals surface area contributed by atoms with Crippen LogP contribution in [0, 0.1) is 6.92 Å². The molecule has 0 bridgehead atoms. The van der Waals surface area contributed by atoms with E-state index in [1.54, 1.807) is 12.1 Å². The standard InChI is InChI=1S/C21H25N3O3S/c1-15-14-18(24-12-2-3-13-24)8-11-20(15)22-21(25)16-4-9-19(10-5-16)28(26,27)23-17-6-7-17/h4-5,8-11,14,17,23H,2-3,6-7,12-13H2,1H3,(H,22,25). The van der Waals surface area contributed by atoms with Crippen molar-refractivity contribution < 1.29 is 13.2 Å². The second-order valence-electron chi connectivity index (χ2n) is 7.57. The van der Waals surface area contributed by atoms with E-state index in [1.165, 1.54) is 30.7 Å². The molecule has 2 N–H and O–H groups in total. The number of hydrogen-bond donors (Lipinski definition) is 2. The molecule has 2 fully saturated rings. The molecular formula is C21H25N3O3S. The van der Waals surface area contributed by atoms with Crippen molar-refractivity contribution in [3.63, 3.8) is 0 Å². The summed E-state index contributed by atoms with van der Waals surface area (Å²) in [7, 11) is -3.50. The molecule has 6 nitrogen and oxygen atoms in total. The first kappa shape index (κ1) is 19.0. The SMILES string of the molecule is Cc1cc(N2CCCC2)ccc1NC(=O)c1ccc(S(=O)(=O)NC2CC2)cc1. The normalized spacial score (nSPS) is 17.0. The molecule has 2 aromatic carbocycles. The maximum atomic E-state index is 12.6. The molecule has 0 spiro atoms. The molecule has 0 atom stereocenters. The van der Waals surface area contributed by atoms with E-state index in [-0.39, 0.29) is 16.8 Å². The van der Waals surface area contributed by atoms with Crippen LogP contribution >= 0.6 is 0 Å². The predicted octanol–water partition coefficient (Wildman–Crippen LogP) is 3.29. The van der Waals surface area contributed by atoms with E-state index in [1.807, 2.05) is 19.1 Å². The molecule has 28 heavy (non-hydrogen) atoms. The molecule has 1 saturated carbocycles. The van der Waals surface area contributed by atoms with Gasteiger partial charge in [0.05, 0.1) is 4.90 Å². The minimum Gasteiger partial charge on any atom is -0.372 e. The number of aryl methyl sites for hydroxylation is 1. The van der Waals surface area contributed by atoms with Crippen molar-refractivity contribution in [1.29, 1.82) is 0 Å². The lowest BCUT2D eigenvalue weighted by molar-refractivity contribution is 0.102. The molecular weight excluding hydrogens is 374 g/mol. The third-order valence-corrected chi connectivity index (χ3v) is 6.79. The van der Waals surface area contributed by atoms with Crippen LogP contribution in [-0.4, -0.2) is 33.5 Å². The summed E-state index contributed by atoms with van der Waals surface area (Å²) in [5, 5.41) is 2.92. The summed E-state index contributed by atoms with van der Waals surface area (Å²) < 4.78 is 27.1. The monoisotopic (exact) mass is 399 g/mol. The Morgan fingerprint density at radius 1 is 1.04 bits per heavy atom. The lowest BCUT2D eigenvalue weighted by Crippen LogP contribution is -2.25. The first-order valence-corrected chi connectivity index (χ1v) is 11.2. The molecule has 1 aliphatic heterocycles. The summed E-state index contributed by atoms with van der Waals surface area (Å²) in [5.74, 6) is -0.254. The van der Waals surface area contributed by atoms with Crippen molar-refractivity contribution in [2.45, 2.75) is 43.5 Å². The van der Waals surface area contributed by atoms with Crippen LogP contribution in [0.2, 0.25) is 0 Å². The lowest BCUT2D eigenvalue weighted by Gasteiger charge is -2.19. The number of nitrogens with one attached hydrogen (secondary N) is 2. The number of hydrogen-bond acceptors (Lipinski definition) is 4. The topological polar surface area (TPSA) is 78.5 Å². The van der Waals surface area contributed by atoms with Crippen LogP contribution in [0.5, 0.6) is 0 Å². The molecule has 2 aromatic rings. The molecule has 1 amide bonds. The molecule has 7 heteroatoms. The van der Waals surface area contributed by atoms with Crippen LogP contribution in [-0.2, 0) is 10.0 Å². The molecule has 0 radical (unpaired) electrons. The fourth-order valence-electron chi connectivity index (χ4n) is 3.43. The minimum atomic E-state index is -3.50. The van der Waals surface area contributed by atoms with Gasteiger partial charge in [-0.15, -0.1) is 0 Å². The second kappa shape index (κ2) is 7.56. The summed E-state index contributed by atoms with van der Waals surface area (Å²) in [4.78, 5) is 15.1. The molecule has 1 aliphatic carbocycles. The van der Waals surface area contributed by atoms with Crippen molar-refractivity contribution in [3.8, 4) is 0 Å². The summed E-state index contributed by atoms with van der Waals surface area (Å²) >= 11 is 0. The summed E-state index contributed by atoms with van der Waals surface area (Å²) in [6.45, 7) is 4.14. The molecule has 0 unspecified atom stereocenters. The third-order valence-electron chi connectivity index (χ3n) is 5.26. The predicted molar refractivity (Wildman–Crippen MR) is 110 cm³/mol. The molecule has 148 valence electrons. The van der Waals surface area contributed by atoms with Crippen molar-refractivity contribution in [3.05, 3.63) is 53.6 Å². The summed E-state index contributed by atoms with van der Waals surface area (Å²) in [6, 6.07) is 12.2. The number of anilines is 2. The first-order chi connectivity index (χ1) is 13.4. The maximum Gasteiger partial charge on any atom is 0.255 e. The zero-order valence-corrected chi connectivity index (χ0v) is 16.8. The summed E-state index contributed by atoms with van der Waals surface area (Å²) in [6.07, 6.45) is 4.21. The maximum absolute atomic E-state index is 12.6. The molecule has 0 aromatic heterocycles. The van der Waals surface area contributed by atoms with Gasteiger partial charge in [-0.3, -0.25) is 4.79 Å². The van der Waals surface area contributed by atoms with Gasteiger partial charge in [-0.05, 0) is 80.6 Å². The fourth-order valence-corrected chi connectivity index (χ4v) is 4.73. The number of benzene rings is 2. The quantitative estimate of drug-likeness (QED) is 0.781. The van der Waals surface area contributed by atoms with E-state index in [0.717, 1.165) is 37.2 Å². The van der Waals surface area contributed by atoms with Gasteiger partial charge in [-0.1, -0.05) is 0 Å². The van der Waals surface area contributed by atoms with Gasteiger partial charge in [-0.2, -0.15) is 0 Å². The van der Waals surface area contributed by atoms with E-state index >= 15 is 0 Å². The lowest BCUT2D eigenvalue weighted by atomic mass is 10.1. The van der Waals surface area contributed by atoms with Gasteiger partial charge >= 0.3 is 0 Å². The van der Waals surface area contributed by atoms with E-state index in [2.05, 4.69) is 21.0 Å².